The number of hydrogen-bond acceptors (Lipinski definition) is 4. The van der Waals surface area contributed by atoms with Crippen molar-refractivity contribution in [2.24, 2.45) is 0 Å². The van der Waals surface area contributed by atoms with Gasteiger partial charge in [0.2, 0.25) is 5.91 Å². The molecule has 1 aromatic heterocycles. The summed E-state index contributed by atoms with van der Waals surface area (Å²) in [5.41, 5.74) is 3.09. The molecule has 2 aromatic carbocycles. The van der Waals surface area contributed by atoms with Crippen molar-refractivity contribution >= 4 is 17.4 Å². The lowest BCUT2D eigenvalue weighted by Gasteiger charge is -2.25. The quantitative estimate of drug-likeness (QED) is 0.607. The standard InChI is InChI=1S/C24H25FN4O2/c1-16(30)14-28(20-9-5-4-6-10-20)15-23(31)27-24-22(13-26)17(2)18(3)29(24)21-11-7-8-19(25)12-21/h4-12,16,30H,14-15H2,1-3H3,(H,27,31). The number of aliphatic hydroxyl groups excluding tert-OH is 1. The summed E-state index contributed by atoms with van der Waals surface area (Å²) in [7, 11) is 0. The van der Waals surface area contributed by atoms with Gasteiger partial charge in [-0.15, -0.1) is 0 Å². The lowest BCUT2D eigenvalue weighted by molar-refractivity contribution is -0.115. The fourth-order valence-electron chi connectivity index (χ4n) is 3.56. The first kappa shape index (κ1) is 22.1. The smallest absolute Gasteiger partial charge is 0.245 e. The summed E-state index contributed by atoms with van der Waals surface area (Å²) >= 11 is 0. The number of carbonyl (C=O) groups is 1. The van der Waals surface area contributed by atoms with E-state index < -0.39 is 11.9 Å². The van der Waals surface area contributed by atoms with E-state index in [4.69, 9.17) is 0 Å². The topological polar surface area (TPSA) is 81.3 Å². The van der Waals surface area contributed by atoms with E-state index in [0.717, 1.165) is 11.4 Å². The van der Waals surface area contributed by atoms with Crippen molar-refractivity contribution in [1.29, 1.82) is 5.26 Å². The molecule has 6 nitrogen and oxygen atoms in total. The minimum absolute atomic E-state index is 0.0216. The van der Waals surface area contributed by atoms with Crippen LogP contribution < -0.4 is 10.2 Å². The Hall–Kier alpha value is -3.63. The summed E-state index contributed by atoms with van der Waals surface area (Å²) in [6.07, 6.45) is -0.636. The predicted molar refractivity (Wildman–Crippen MR) is 119 cm³/mol. The molecule has 0 fully saturated rings. The molecule has 1 atom stereocenters. The molecular formula is C24H25FN4O2. The summed E-state index contributed by atoms with van der Waals surface area (Å²) in [5.74, 6) is -0.458. The third-order valence-electron chi connectivity index (χ3n) is 5.09. The maximum Gasteiger partial charge on any atom is 0.245 e. The molecular weight excluding hydrogens is 395 g/mol. The second-order valence-electron chi connectivity index (χ2n) is 7.47. The number of nitriles is 1. The SMILES string of the molecule is Cc1c(C#N)c(NC(=O)CN(CC(C)O)c2ccccc2)n(-c2cccc(F)c2)c1C. The van der Waals surface area contributed by atoms with Crippen molar-refractivity contribution < 1.29 is 14.3 Å². The minimum Gasteiger partial charge on any atom is -0.392 e. The Morgan fingerprint density at radius 1 is 1.23 bits per heavy atom. The number of nitrogens with one attached hydrogen (secondary N) is 1. The zero-order chi connectivity index (χ0) is 22.5. The number of aliphatic hydroxyl groups is 1. The van der Waals surface area contributed by atoms with Gasteiger partial charge in [-0.3, -0.25) is 9.36 Å². The van der Waals surface area contributed by atoms with Gasteiger partial charge in [0.1, 0.15) is 17.7 Å². The average molecular weight is 420 g/mol. The molecule has 0 spiro atoms. The number of hydrogen-bond donors (Lipinski definition) is 2. The molecule has 0 bridgehead atoms. The number of carbonyl (C=O) groups excluding carboxylic acids is 1. The highest BCUT2D eigenvalue weighted by Gasteiger charge is 2.22. The van der Waals surface area contributed by atoms with Gasteiger partial charge in [-0.1, -0.05) is 24.3 Å². The largest absolute Gasteiger partial charge is 0.392 e. The molecule has 160 valence electrons. The third kappa shape index (κ3) is 4.93. The molecule has 0 aliphatic rings. The van der Waals surface area contributed by atoms with Crippen molar-refractivity contribution in [1.82, 2.24) is 4.57 Å². The van der Waals surface area contributed by atoms with Crippen molar-refractivity contribution in [3.05, 3.63) is 77.2 Å². The van der Waals surface area contributed by atoms with E-state index >= 15 is 0 Å². The molecule has 1 unspecified atom stereocenters. The van der Waals surface area contributed by atoms with Gasteiger partial charge in [0, 0.05) is 17.9 Å². The monoisotopic (exact) mass is 420 g/mol. The van der Waals surface area contributed by atoms with Crippen molar-refractivity contribution in [2.75, 3.05) is 23.3 Å². The molecule has 0 aliphatic carbocycles. The van der Waals surface area contributed by atoms with Crippen molar-refractivity contribution in [3.63, 3.8) is 0 Å². The summed E-state index contributed by atoms with van der Waals surface area (Å²) in [5, 5.41) is 22.4. The van der Waals surface area contributed by atoms with Crippen LogP contribution in [0.5, 0.6) is 0 Å². The zero-order valence-electron chi connectivity index (χ0n) is 17.8. The minimum atomic E-state index is -0.636. The molecule has 0 aliphatic heterocycles. The Morgan fingerprint density at radius 2 is 1.94 bits per heavy atom. The normalized spacial score (nSPS) is 11.6. The number of aromatic nitrogens is 1. The molecule has 1 heterocycles. The van der Waals surface area contributed by atoms with E-state index in [1.165, 1.54) is 12.1 Å². The van der Waals surface area contributed by atoms with Crippen LogP contribution in [0.25, 0.3) is 5.69 Å². The Balaban J connectivity index is 1.95. The summed E-state index contributed by atoms with van der Waals surface area (Å²) < 4.78 is 15.5. The fourth-order valence-corrected chi connectivity index (χ4v) is 3.56. The van der Waals surface area contributed by atoms with Crippen molar-refractivity contribution in [2.45, 2.75) is 26.9 Å². The van der Waals surface area contributed by atoms with Gasteiger partial charge in [0.05, 0.1) is 23.9 Å². The molecule has 3 rings (SSSR count). The van der Waals surface area contributed by atoms with E-state index in [1.54, 1.807) is 35.4 Å². The highest BCUT2D eigenvalue weighted by atomic mass is 19.1. The van der Waals surface area contributed by atoms with Gasteiger partial charge in [-0.25, -0.2) is 4.39 Å². The molecule has 3 aromatic rings. The highest BCUT2D eigenvalue weighted by molar-refractivity contribution is 5.95. The number of amides is 1. The van der Waals surface area contributed by atoms with Crippen LogP contribution in [0.2, 0.25) is 0 Å². The Bertz CT molecular complexity index is 1120. The number of anilines is 2. The maximum atomic E-state index is 13.9. The summed E-state index contributed by atoms with van der Waals surface area (Å²) in [6, 6.07) is 17.5. The van der Waals surface area contributed by atoms with Crippen LogP contribution in [0.3, 0.4) is 0 Å². The first-order valence-electron chi connectivity index (χ1n) is 9.97. The van der Waals surface area contributed by atoms with Crippen LogP contribution in [0.1, 0.15) is 23.7 Å². The Kier molecular flexibility index (Phi) is 6.73. The van der Waals surface area contributed by atoms with Crippen LogP contribution in [0.4, 0.5) is 15.9 Å². The first-order valence-corrected chi connectivity index (χ1v) is 9.97. The molecule has 0 radical (unpaired) electrons. The van der Waals surface area contributed by atoms with Crippen LogP contribution in [-0.2, 0) is 4.79 Å². The van der Waals surface area contributed by atoms with E-state index in [1.807, 2.05) is 37.3 Å². The van der Waals surface area contributed by atoms with E-state index in [0.29, 0.717) is 22.6 Å². The summed E-state index contributed by atoms with van der Waals surface area (Å²) in [6.45, 7) is 5.52. The van der Waals surface area contributed by atoms with Gasteiger partial charge in [0.25, 0.3) is 0 Å². The first-order chi connectivity index (χ1) is 14.8. The van der Waals surface area contributed by atoms with E-state index in [2.05, 4.69) is 11.4 Å². The molecule has 2 N–H and O–H groups in total. The van der Waals surface area contributed by atoms with Crippen LogP contribution in [0, 0.1) is 31.0 Å². The number of para-hydroxylation sites is 1. The summed E-state index contributed by atoms with van der Waals surface area (Å²) in [4.78, 5) is 14.8. The third-order valence-corrected chi connectivity index (χ3v) is 5.09. The van der Waals surface area contributed by atoms with Crippen molar-refractivity contribution in [3.8, 4) is 11.8 Å². The zero-order valence-corrected chi connectivity index (χ0v) is 17.8. The number of benzene rings is 2. The number of rotatable bonds is 7. The van der Waals surface area contributed by atoms with Crippen LogP contribution in [-0.4, -0.2) is 34.8 Å². The number of nitrogens with zero attached hydrogens (tertiary/aromatic N) is 3. The Labute approximate surface area is 181 Å². The number of halogens is 1. The lowest BCUT2D eigenvalue weighted by atomic mass is 10.2. The van der Waals surface area contributed by atoms with Gasteiger partial charge < -0.3 is 15.3 Å². The van der Waals surface area contributed by atoms with E-state index in [9.17, 15) is 19.6 Å². The highest BCUT2D eigenvalue weighted by Crippen LogP contribution is 2.30. The van der Waals surface area contributed by atoms with Crippen LogP contribution in [0.15, 0.2) is 54.6 Å². The Morgan fingerprint density at radius 3 is 2.55 bits per heavy atom. The van der Waals surface area contributed by atoms with Gasteiger partial charge in [-0.2, -0.15) is 5.26 Å². The van der Waals surface area contributed by atoms with Gasteiger partial charge >= 0.3 is 0 Å². The fraction of sp³-hybridized carbons (Fsp3) is 0.250. The predicted octanol–water partition coefficient (Wildman–Crippen LogP) is 3.93. The molecule has 0 saturated heterocycles. The molecule has 31 heavy (non-hydrogen) atoms. The second-order valence-corrected chi connectivity index (χ2v) is 7.47. The van der Waals surface area contributed by atoms with Gasteiger partial charge in [0.15, 0.2) is 0 Å². The lowest BCUT2D eigenvalue weighted by Crippen LogP contribution is -2.38. The molecule has 1 amide bonds. The molecule has 7 heteroatoms. The van der Waals surface area contributed by atoms with E-state index in [-0.39, 0.29) is 19.0 Å². The maximum absolute atomic E-state index is 13.9. The average Bonchev–Trinajstić information content (AvgIpc) is 2.97. The molecule has 0 saturated carbocycles. The van der Waals surface area contributed by atoms with Gasteiger partial charge in [-0.05, 0) is 56.7 Å². The second kappa shape index (κ2) is 9.45. The van der Waals surface area contributed by atoms with Crippen LogP contribution >= 0.6 is 0 Å².